The Bertz CT molecular complexity index is 2400. The van der Waals surface area contributed by atoms with Gasteiger partial charge in [-0.15, -0.1) is 0 Å². The minimum atomic E-state index is -3.90. The van der Waals surface area contributed by atoms with Gasteiger partial charge in [-0.1, -0.05) is 0 Å². The van der Waals surface area contributed by atoms with Gasteiger partial charge in [0.05, 0.1) is 64.1 Å². The number of nitrogens with zero attached hydrogens (tertiary/aromatic N) is 8. The number of rotatable bonds is 16. The van der Waals surface area contributed by atoms with Crippen molar-refractivity contribution in [1.82, 2.24) is 49.2 Å². The summed E-state index contributed by atoms with van der Waals surface area (Å²) < 4.78 is 116. The summed E-state index contributed by atoms with van der Waals surface area (Å²) in [6.45, 7) is 13.2. The van der Waals surface area contributed by atoms with Gasteiger partial charge >= 0.3 is 27.4 Å². The van der Waals surface area contributed by atoms with Crippen LogP contribution in [0.1, 0.15) is 80.7 Å². The first-order valence-corrected chi connectivity index (χ1v) is 24.9. The number of ether oxygens (including phenoxy) is 6. The SMILES string of the molecule is CCOc1nc(N)nc2c1ncn2[C@@H]1O[C@@H]2COP(=O)(NCCC(=O)OC(C)C)O[C@H]2[C@@]1(C)F.CCOc1nc(N)nc2c1ncn2[C@@H]1O[C@@H]2COP(=O)(NCCC(=O)OC(C)C)O[C@H]2[C@@]1(C)F. The molecule has 0 spiro atoms. The summed E-state index contributed by atoms with van der Waals surface area (Å²) in [5.74, 6) is -0.740. The zero-order chi connectivity index (χ0) is 49.3. The first kappa shape index (κ1) is 51.1. The van der Waals surface area contributed by atoms with Crippen LogP contribution in [0, 0.1) is 0 Å². The summed E-state index contributed by atoms with van der Waals surface area (Å²) >= 11 is 0. The van der Waals surface area contributed by atoms with Gasteiger partial charge in [0.2, 0.25) is 23.7 Å². The van der Waals surface area contributed by atoms with Crippen molar-refractivity contribution in [2.75, 3.05) is 51.0 Å². The van der Waals surface area contributed by atoms with Crippen molar-refractivity contribution in [3.05, 3.63) is 12.7 Å². The number of nitrogens with one attached hydrogen (secondary N) is 2. The number of esters is 2. The van der Waals surface area contributed by atoms with E-state index in [1.54, 1.807) is 41.5 Å². The second-order valence-corrected chi connectivity index (χ2v) is 20.2. The van der Waals surface area contributed by atoms with E-state index in [2.05, 4.69) is 40.1 Å². The highest BCUT2D eigenvalue weighted by Gasteiger charge is 2.62. The number of hydrogen-bond acceptors (Lipinski definition) is 22. The average molecular weight is 1000 g/mol. The van der Waals surface area contributed by atoms with Gasteiger partial charge in [0.25, 0.3) is 0 Å². The molecule has 8 rings (SSSR count). The predicted molar refractivity (Wildman–Crippen MR) is 233 cm³/mol. The molecule has 4 aromatic rings. The quantitative estimate of drug-likeness (QED) is 0.0916. The van der Waals surface area contributed by atoms with Crippen LogP contribution in [0.5, 0.6) is 11.8 Å². The molecule has 26 nitrogen and oxygen atoms in total. The maximum Gasteiger partial charge on any atom is 0.406 e. The van der Waals surface area contributed by atoms with E-state index in [-0.39, 0.29) is 86.3 Å². The number of alkyl halides is 2. The Kier molecular flexibility index (Phi) is 15.3. The van der Waals surface area contributed by atoms with Crippen molar-refractivity contribution in [1.29, 1.82) is 0 Å². The van der Waals surface area contributed by atoms with Crippen LogP contribution in [0.25, 0.3) is 22.3 Å². The second kappa shape index (κ2) is 20.3. The van der Waals surface area contributed by atoms with Crippen LogP contribution in [-0.2, 0) is 55.8 Å². The molecule has 4 aliphatic heterocycles. The van der Waals surface area contributed by atoms with E-state index in [9.17, 15) is 18.7 Å². The summed E-state index contributed by atoms with van der Waals surface area (Å²) in [6.07, 6.45) is -4.56. The first-order valence-electron chi connectivity index (χ1n) is 21.8. The Morgan fingerprint density at radius 1 is 0.735 bits per heavy atom. The highest BCUT2D eigenvalue weighted by atomic mass is 31.2. The number of fused-ring (bicyclic) bond motifs is 4. The second-order valence-electron chi connectivity index (χ2n) is 16.7. The fourth-order valence-electron chi connectivity index (χ4n) is 7.75. The molecule has 0 bridgehead atoms. The summed E-state index contributed by atoms with van der Waals surface area (Å²) in [4.78, 5) is 48.3. The third-order valence-electron chi connectivity index (χ3n) is 10.6. The molecule has 0 aliphatic carbocycles. The highest BCUT2D eigenvalue weighted by molar-refractivity contribution is 7.52. The van der Waals surface area contributed by atoms with Crippen LogP contribution < -0.4 is 31.1 Å². The number of imidazole rings is 2. The molecule has 376 valence electrons. The predicted octanol–water partition coefficient (Wildman–Crippen LogP) is 3.78. The molecule has 4 saturated heterocycles. The molecule has 68 heavy (non-hydrogen) atoms. The Hall–Kier alpha value is -4.76. The summed E-state index contributed by atoms with van der Waals surface area (Å²) in [6, 6.07) is 0. The van der Waals surface area contributed by atoms with Gasteiger partial charge in [0.15, 0.2) is 46.1 Å². The topological polar surface area (TPSA) is 324 Å². The van der Waals surface area contributed by atoms with E-state index >= 15 is 8.78 Å². The average Bonchev–Trinajstić information content (AvgIpc) is 3.98. The molecule has 30 heteroatoms. The number of nitrogens with two attached hydrogens (primary N) is 2. The minimum absolute atomic E-state index is 0.0317. The molecular weight excluding hydrogens is 948 g/mol. The minimum Gasteiger partial charge on any atom is -0.476 e. The summed E-state index contributed by atoms with van der Waals surface area (Å²) in [7, 11) is -7.80. The van der Waals surface area contributed by atoms with E-state index in [1.807, 2.05) is 0 Å². The number of hydrogen-bond donors (Lipinski definition) is 4. The molecule has 4 aliphatic rings. The lowest BCUT2D eigenvalue weighted by Crippen LogP contribution is -2.46. The molecule has 0 amide bonds. The van der Waals surface area contributed by atoms with Gasteiger partial charge in [-0.25, -0.2) is 38.1 Å². The maximum absolute atomic E-state index is 16.1. The third kappa shape index (κ3) is 10.8. The van der Waals surface area contributed by atoms with Crippen molar-refractivity contribution in [2.45, 2.75) is 129 Å². The number of nitrogen functional groups attached to an aromatic ring is 2. The molecule has 4 aromatic heterocycles. The molecule has 0 aromatic carbocycles. The molecular formula is C38H56F2N12O14P2. The zero-order valence-electron chi connectivity index (χ0n) is 38.5. The lowest BCUT2D eigenvalue weighted by molar-refractivity contribution is -0.148. The normalized spacial score (nSPS) is 31.1. The molecule has 2 unspecified atom stereocenters. The Morgan fingerprint density at radius 2 is 1.12 bits per heavy atom. The fourth-order valence-corrected chi connectivity index (χ4v) is 10.9. The Balaban J connectivity index is 0.000000201. The van der Waals surface area contributed by atoms with E-state index in [0.29, 0.717) is 24.2 Å². The van der Waals surface area contributed by atoms with Crippen molar-refractivity contribution >= 4 is 61.7 Å². The fraction of sp³-hybridized carbons (Fsp3) is 0.684. The zero-order valence-corrected chi connectivity index (χ0v) is 40.3. The van der Waals surface area contributed by atoms with Gasteiger partial charge in [-0.2, -0.15) is 19.9 Å². The Morgan fingerprint density at radius 3 is 1.47 bits per heavy atom. The van der Waals surface area contributed by atoms with Crippen molar-refractivity contribution in [3.8, 4) is 11.8 Å². The van der Waals surface area contributed by atoms with Crippen molar-refractivity contribution < 1.29 is 74.0 Å². The lowest BCUT2D eigenvalue weighted by Gasteiger charge is -2.34. The van der Waals surface area contributed by atoms with Crippen LogP contribution in [0.4, 0.5) is 20.7 Å². The molecule has 8 heterocycles. The van der Waals surface area contributed by atoms with Gasteiger partial charge in [0.1, 0.15) is 24.4 Å². The first-order chi connectivity index (χ1) is 32.1. The number of halogens is 2. The van der Waals surface area contributed by atoms with Crippen LogP contribution in [-0.4, -0.2) is 138 Å². The van der Waals surface area contributed by atoms with Gasteiger partial charge < -0.3 is 39.9 Å². The van der Waals surface area contributed by atoms with Crippen LogP contribution >= 0.6 is 15.5 Å². The number of carbonyl (C=O) groups excluding carboxylic acids is 2. The van der Waals surface area contributed by atoms with Crippen LogP contribution in [0.3, 0.4) is 0 Å². The van der Waals surface area contributed by atoms with E-state index in [1.165, 1.54) is 35.6 Å². The molecule has 4 fully saturated rings. The highest BCUT2D eigenvalue weighted by Crippen LogP contribution is 2.58. The molecule has 6 N–H and O–H groups in total. The molecule has 10 atom stereocenters. The van der Waals surface area contributed by atoms with E-state index in [4.69, 9.17) is 58.0 Å². The molecule has 0 radical (unpaired) electrons. The van der Waals surface area contributed by atoms with Gasteiger partial charge in [-0.05, 0) is 55.4 Å². The number of anilines is 2. The van der Waals surface area contributed by atoms with Crippen molar-refractivity contribution in [3.63, 3.8) is 0 Å². The Labute approximate surface area is 388 Å². The lowest BCUT2D eigenvalue weighted by atomic mass is 9.98. The monoisotopic (exact) mass is 1000 g/mol. The maximum atomic E-state index is 16.1. The summed E-state index contributed by atoms with van der Waals surface area (Å²) in [5.41, 5.74) is 8.31. The van der Waals surface area contributed by atoms with Crippen molar-refractivity contribution in [2.24, 2.45) is 0 Å². The molecule has 0 saturated carbocycles. The smallest absolute Gasteiger partial charge is 0.406 e. The third-order valence-corrected chi connectivity index (χ3v) is 13.8. The number of aromatic nitrogens is 8. The number of carbonyl (C=O) groups is 2. The standard InChI is InChI=1S/2C19H28FN6O7P/c2*1-5-29-16-13-15(24-18(21)25-16)26(9-22-13)17-19(4,20)14-11(32-17)8-30-34(28,33-14)23-7-6-12(27)31-10(2)3/h2*9-11,14,17H,5-8H2,1-4H3,(H,23,28)(H2,21,24,25)/t2*11-,14-,17-,19-,34?/m11/s1. The van der Waals surface area contributed by atoms with Gasteiger partial charge in [0, 0.05) is 13.1 Å². The van der Waals surface area contributed by atoms with Gasteiger partial charge in [-0.3, -0.25) is 36.8 Å². The summed E-state index contributed by atoms with van der Waals surface area (Å²) in [5, 5.41) is 5.15. The van der Waals surface area contributed by atoms with Crippen LogP contribution in [0.15, 0.2) is 12.7 Å². The van der Waals surface area contributed by atoms with Crippen LogP contribution in [0.2, 0.25) is 0 Å². The van der Waals surface area contributed by atoms with E-state index < -0.39 is 75.6 Å². The van der Waals surface area contributed by atoms with E-state index in [0.717, 1.165) is 0 Å². The largest absolute Gasteiger partial charge is 0.476 e.